The normalized spacial score (nSPS) is 13.5. The number of carbonyl (C=O) groups is 2. The third-order valence-electron chi connectivity index (χ3n) is 4.63. The summed E-state index contributed by atoms with van der Waals surface area (Å²) >= 11 is 1.56. The highest BCUT2D eigenvalue weighted by Gasteiger charge is 2.23. The van der Waals surface area contributed by atoms with Crippen molar-refractivity contribution in [3.63, 3.8) is 0 Å². The summed E-state index contributed by atoms with van der Waals surface area (Å²) in [4.78, 5) is 27.8. The molecule has 2 amide bonds. The Morgan fingerprint density at radius 1 is 1.12 bits per heavy atom. The van der Waals surface area contributed by atoms with Gasteiger partial charge >= 0.3 is 0 Å². The predicted molar refractivity (Wildman–Crippen MR) is 107 cm³/mol. The molecule has 0 saturated carbocycles. The fourth-order valence-corrected chi connectivity index (χ4v) is 3.81. The lowest BCUT2D eigenvalue weighted by molar-refractivity contribution is -0.135. The molecule has 26 heavy (non-hydrogen) atoms. The van der Waals surface area contributed by atoms with Gasteiger partial charge in [0.25, 0.3) is 5.91 Å². The highest BCUT2D eigenvalue weighted by molar-refractivity contribution is 7.98. The van der Waals surface area contributed by atoms with Crippen molar-refractivity contribution in [3.05, 3.63) is 59.2 Å². The molecule has 1 aliphatic heterocycles. The van der Waals surface area contributed by atoms with Gasteiger partial charge in [0.15, 0.2) is 0 Å². The van der Waals surface area contributed by atoms with E-state index < -0.39 is 0 Å². The average molecular weight is 369 g/mol. The molecule has 0 aliphatic carbocycles. The fraction of sp³-hybridized carbons (Fsp3) is 0.333. The molecule has 0 spiro atoms. The number of benzene rings is 2. The van der Waals surface area contributed by atoms with Crippen molar-refractivity contribution in [1.29, 1.82) is 0 Å². The van der Waals surface area contributed by atoms with Gasteiger partial charge in [-0.25, -0.2) is 0 Å². The lowest BCUT2D eigenvalue weighted by Gasteiger charge is -2.30. The molecule has 2 aromatic carbocycles. The second kappa shape index (κ2) is 7.96. The minimum atomic E-state index is -0.110. The molecule has 0 saturated heterocycles. The smallest absolute Gasteiger partial charge is 0.256 e. The summed E-state index contributed by atoms with van der Waals surface area (Å²) in [5.41, 5.74) is 3.80. The Labute approximate surface area is 159 Å². The first-order valence-corrected chi connectivity index (χ1v) is 10.1. The van der Waals surface area contributed by atoms with Gasteiger partial charge in [-0.1, -0.05) is 32.0 Å². The van der Waals surface area contributed by atoms with Gasteiger partial charge in [-0.15, -0.1) is 11.8 Å². The quantitative estimate of drug-likeness (QED) is 0.823. The summed E-state index contributed by atoms with van der Waals surface area (Å²) in [6.45, 7) is 5.23. The van der Waals surface area contributed by atoms with Crippen LogP contribution in [0.3, 0.4) is 0 Å². The predicted octanol–water partition coefficient (Wildman–Crippen LogP) is 4.20. The maximum atomic E-state index is 12.6. The number of rotatable bonds is 4. The van der Waals surface area contributed by atoms with Crippen LogP contribution in [0.2, 0.25) is 0 Å². The van der Waals surface area contributed by atoms with Crippen LogP contribution >= 0.6 is 11.8 Å². The number of nitrogens with one attached hydrogen (secondary N) is 1. The molecule has 136 valence electrons. The Morgan fingerprint density at radius 2 is 1.88 bits per heavy atom. The zero-order valence-electron chi connectivity index (χ0n) is 15.4. The van der Waals surface area contributed by atoms with Gasteiger partial charge in [0.2, 0.25) is 5.91 Å². The Kier molecular flexibility index (Phi) is 5.67. The SMILES string of the molecule is CSc1ccccc1C(=O)Nc1ccc2c(c1)CN(C(=O)C(C)C)CC2. The first kappa shape index (κ1) is 18.5. The van der Waals surface area contributed by atoms with Crippen molar-refractivity contribution in [1.82, 2.24) is 4.90 Å². The summed E-state index contributed by atoms with van der Waals surface area (Å²) in [7, 11) is 0. The standard InChI is InChI=1S/C21H24N2O2S/c1-14(2)21(25)23-11-10-15-8-9-17(12-16(15)13-23)22-20(24)18-6-4-5-7-19(18)26-3/h4-9,12,14H,10-11,13H2,1-3H3,(H,22,24). The van der Waals surface area contributed by atoms with Crippen molar-refractivity contribution < 1.29 is 9.59 Å². The minimum Gasteiger partial charge on any atom is -0.338 e. The van der Waals surface area contributed by atoms with Crippen LogP contribution in [-0.2, 0) is 17.8 Å². The van der Waals surface area contributed by atoms with Crippen LogP contribution in [0.5, 0.6) is 0 Å². The van der Waals surface area contributed by atoms with E-state index in [2.05, 4.69) is 11.4 Å². The highest BCUT2D eigenvalue weighted by Crippen LogP contribution is 2.25. The number of fused-ring (bicyclic) bond motifs is 1. The van der Waals surface area contributed by atoms with Crippen LogP contribution in [0.25, 0.3) is 0 Å². The molecule has 1 aliphatic rings. The number of hydrogen-bond donors (Lipinski definition) is 1. The van der Waals surface area contributed by atoms with Gasteiger partial charge in [0.05, 0.1) is 5.56 Å². The van der Waals surface area contributed by atoms with Gasteiger partial charge in [0, 0.05) is 29.6 Å². The molecule has 0 unspecified atom stereocenters. The van der Waals surface area contributed by atoms with Crippen LogP contribution < -0.4 is 5.32 Å². The molecule has 4 nitrogen and oxygen atoms in total. The molecule has 1 N–H and O–H groups in total. The van der Waals surface area contributed by atoms with Crippen LogP contribution in [-0.4, -0.2) is 29.5 Å². The van der Waals surface area contributed by atoms with E-state index in [4.69, 9.17) is 0 Å². The number of thioether (sulfide) groups is 1. The molecule has 5 heteroatoms. The van der Waals surface area contributed by atoms with E-state index in [1.54, 1.807) is 11.8 Å². The third kappa shape index (κ3) is 3.93. The van der Waals surface area contributed by atoms with E-state index in [0.717, 1.165) is 29.1 Å². The highest BCUT2D eigenvalue weighted by atomic mass is 32.2. The number of anilines is 1. The van der Waals surface area contributed by atoms with E-state index in [-0.39, 0.29) is 17.7 Å². The van der Waals surface area contributed by atoms with E-state index >= 15 is 0 Å². The number of nitrogens with zero attached hydrogens (tertiary/aromatic N) is 1. The van der Waals surface area contributed by atoms with Crippen molar-refractivity contribution in [2.45, 2.75) is 31.7 Å². The van der Waals surface area contributed by atoms with Crippen LogP contribution in [0, 0.1) is 5.92 Å². The van der Waals surface area contributed by atoms with E-state index in [0.29, 0.717) is 12.1 Å². The topological polar surface area (TPSA) is 49.4 Å². The summed E-state index contributed by atoms with van der Waals surface area (Å²) in [6.07, 6.45) is 2.82. The van der Waals surface area contributed by atoms with Gasteiger partial charge < -0.3 is 10.2 Å². The molecule has 1 heterocycles. The summed E-state index contributed by atoms with van der Waals surface area (Å²) in [5.74, 6) is 0.0716. The second-order valence-corrected chi connectivity index (χ2v) is 7.65. The first-order chi connectivity index (χ1) is 12.5. The van der Waals surface area contributed by atoms with Crippen molar-refractivity contribution >= 4 is 29.3 Å². The van der Waals surface area contributed by atoms with Crippen LogP contribution in [0.1, 0.15) is 35.3 Å². The molecule has 0 radical (unpaired) electrons. The Balaban J connectivity index is 1.78. The average Bonchev–Trinajstić information content (AvgIpc) is 2.66. The van der Waals surface area contributed by atoms with Gasteiger partial charge in [0.1, 0.15) is 0 Å². The fourth-order valence-electron chi connectivity index (χ4n) is 3.22. The first-order valence-electron chi connectivity index (χ1n) is 8.84. The molecular formula is C21H24N2O2S. The van der Waals surface area contributed by atoms with Crippen molar-refractivity contribution in [3.8, 4) is 0 Å². The summed E-state index contributed by atoms with van der Waals surface area (Å²) < 4.78 is 0. The summed E-state index contributed by atoms with van der Waals surface area (Å²) in [5, 5.41) is 2.99. The zero-order chi connectivity index (χ0) is 18.7. The van der Waals surface area contributed by atoms with Crippen LogP contribution in [0.4, 0.5) is 5.69 Å². The number of carbonyl (C=O) groups excluding carboxylic acids is 2. The maximum Gasteiger partial charge on any atom is 0.256 e. The molecule has 3 rings (SSSR count). The van der Waals surface area contributed by atoms with E-state index in [1.807, 2.05) is 61.4 Å². The molecule has 0 atom stereocenters. The Morgan fingerprint density at radius 3 is 2.62 bits per heavy atom. The van der Waals surface area contributed by atoms with Gasteiger partial charge in [-0.2, -0.15) is 0 Å². The summed E-state index contributed by atoms with van der Waals surface area (Å²) in [6, 6.07) is 13.6. The van der Waals surface area contributed by atoms with Gasteiger partial charge in [-0.05, 0) is 48.1 Å². The Bertz CT molecular complexity index is 833. The molecule has 0 aromatic heterocycles. The molecule has 0 fully saturated rings. The second-order valence-electron chi connectivity index (χ2n) is 6.80. The van der Waals surface area contributed by atoms with Crippen molar-refractivity contribution in [2.75, 3.05) is 18.1 Å². The zero-order valence-corrected chi connectivity index (χ0v) is 16.2. The largest absolute Gasteiger partial charge is 0.338 e. The Hall–Kier alpha value is -2.27. The third-order valence-corrected chi connectivity index (χ3v) is 5.43. The monoisotopic (exact) mass is 368 g/mol. The van der Waals surface area contributed by atoms with E-state index in [1.165, 1.54) is 5.56 Å². The van der Waals surface area contributed by atoms with Gasteiger partial charge in [-0.3, -0.25) is 9.59 Å². The van der Waals surface area contributed by atoms with Crippen molar-refractivity contribution in [2.24, 2.45) is 5.92 Å². The lowest BCUT2D eigenvalue weighted by Crippen LogP contribution is -2.38. The number of hydrogen-bond acceptors (Lipinski definition) is 3. The maximum absolute atomic E-state index is 12.6. The molecular weight excluding hydrogens is 344 g/mol. The minimum absolute atomic E-state index is 0.00230. The van der Waals surface area contributed by atoms with E-state index in [9.17, 15) is 9.59 Å². The molecule has 0 bridgehead atoms. The number of amides is 2. The molecule has 2 aromatic rings. The lowest BCUT2D eigenvalue weighted by atomic mass is 9.98. The van der Waals surface area contributed by atoms with Crippen LogP contribution in [0.15, 0.2) is 47.4 Å².